The number of hydrogen-bond donors (Lipinski definition) is 1. The number of aryl methyl sites for hydroxylation is 1. The highest BCUT2D eigenvalue weighted by atomic mass is 32.2. The largest absolute Gasteiger partial charge is 0.408 e. The lowest BCUT2D eigenvalue weighted by Crippen LogP contribution is -2.36. The van der Waals surface area contributed by atoms with Crippen LogP contribution in [0.4, 0.5) is 13.2 Å². The van der Waals surface area contributed by atoms with E-state index in [9.17, 15) is 13.2 Å². The van der Waals surface area contributed by atoms with Crippen molar-refractivity contribution in [3.8, 4) is 0 Å². The zero-order valence-electron chi connectivity index (χ0n) is 12.6. The fourth-order valence-corrected chi connectivity index (χ4v) is 4.06. The molecule has 2 atom stereocenters. The number of halogens is 3. The molecule has 0 amide bonds. The summed E-state index contributed by atoms with van der Waals surface area (Å²) in [7, 11) is 0. The average molecular weight is 321 g/mol. The lowest BCUT2D eigenvalue weighted by Gasteiger charge is -2.26. The van der Waals surface area contributed by atoms with Gasteiger partial charge in [0.25, 0.3) is 0 Å². The van der Waals surface area contributed by atoms with Crippen molar-refractivity contribution in [1.29, 1.82) is 0 Å². The molecule has 0 spiro atoms. The molecule has 0 aliphatic carbocycles. The van der Waals surface area contributed by atoms with Crippen LogP contribution in [0.3, 0.4) is 0 Å². The summed E-state index contributed by atoms with van der Waals surface area (Å²) >= 11 is 1.93. The number of aromatic nitrogens is 2. The molecule has 7 heteroatoms. The first kappa shape index (κ1) is 16.7. The van der Waals surface area contributed by atoms with Crippen molar-refractivity contribution in [1.82, 2.24) is 15.1 Å². The Morgan fingerprint density at radius 1 is 1.43 bits per heavy atom. The summed E-state index contributed by atoms with van der Waals surface area (Å²) in [6.45, 7) is 4.48. The van der Waals surface area contributed by atoms with Crippen LogP contribution in [-0.4, -0.2) is 33.5 Å². The number of nitrogens with one attached hydrogen (secondary N) is 1. The number of rotatable bonds is 4. The molecule has 0 saturated carbocycles. The molecular weight excluding hydrogens is 299 g/mol. The van der Waals surface area contributed by atoms with E-state index >= 15 is 0 Å². The molecule has 0 unspecified atom stereocenters. The monoisotopic (exact) mass is 321 g/mol. The molecule has 0 bridgehead atoms. The van der Waals surface area contributed by atoms with E-state index in [4.69, 9.17) is 0 Å². The van der Waals surface area contributed by atoms with Gasteiger partial charge in [-0.05, 0) is 39.4 Å². The summed E-state index contributed by atoms with van der Waals surface area (Å²) in [5.41, 5.74) is 2.18. The van der Waals surface area contributed by atoms with E-state index < -0.39 is 12.7 Å². The predicted octanol–water partition coefficient (Wildman–Crippen LogP) is 3.61. The van der Waals surface area contributed by atoms with E-state index in [-0.39, 0.29) is 6.04 Å². The molecule has 1 aromatic heterocycles. The Hall–Kier alpha value is -0.690. The molecule has 21 heavy (non-hydrogen) atoms. The van der Waals surface area contributed by atoms with E-state index in [1.807, 2.05) is 18.7 Å². The minimum Gasteiger partial charge on any atom is -0.306 e. The normalized spacial score (nSPS) is 21.5. The first-order valence-electron chi connectivity index (χ1n) is 7.22. The van der Waals surface area contributed by atoms with E-state index in [2.05, 4.69) is 10.4 Å². The number of alkyl halides is 3. The van der Waals surface area contributed by atoms with E-state index in [1.54, 1.807) is 13.8 Å². The molecule has 0 radical (unpaired) electrons. The van der Waals surface area contributed by atoms with Crippen LogP contribution in [0.1, 0.15) is 42.8 Å². The third kappa shape index (κ3) is 4.39. The van der Waals surface area contributed by atoms with Gasteiger partial charge in [0.05, 0.1) is 5.69 Å². The maximum absolute atomic E-state index is 12.6. The third-order valence-electron chi connectivity index (χ3n) is 3.85. The predicted molar refractivity (Wildman–Crippen MR) is 79.7 cm³/mol. The molecule has 3 nitrogen and oxygen atoms in total. The van der Waals surface area contributed by atoms with Gasteiger partial charge in [0.1, 0.15) is 6.54 Å². The van der Waals surface area contributed by atoms with Crippen molar-refractivity contribution < 1.29 is 13.2 Å². The van der Waals surface area contributed by atoms with Crippen molar-refractivity contribution in [2.75, 3.05) is 11.5 Å². The summed E-state index contributed by atoms with van der Waals surface area (Å²) in [4.78, 5) is 0. The molecule has 1 N–H and O–H groups in total. The van der Waals surface area contributed by atoms with Gasteiger partial charge in [-0.25, -0.2) is 0 Å². The highest BCUT2D eigenvalue weighted by molar-refractivity contribution is 7.99. The molecule has 1 saturated heterocycles. The third-order valence-corrected chi connectivity index (χ3v) is 5.06. The van der Waals surface area contributed by atoms with Crippen LogP contribution in [0.2, 0.25) is 0 Å². The molecule has 120 valence electrons. The van der Waals surface area contributed by atoms with Crippen molar-refractivity contribution in [2.45, 2.75) is 58.4 Å². The van der Waals surface area contributed by atoms with Crippen LogP contribution in [0.25, 0.3) is 0 Å². The Labute approximate surface area is 127 Å². The lowest BCUT2D eigenvalue weighted by molar-refractivity contribution is -0.142. The maximum Gasteiger partial charge on any atom is 0.408 e. The molecule has 0 aromatic carbocycles. The van der Waals surface area contributed by atoms with Gasteiger partial charge in [0.2, 0.25) is 0 Å². The van der Waals surface area contributed by atoms with Gasteiger partial charge in [0.15, 0.2) is 0 Å². The van der Waals surface area contributed by atoms with Crippen molar-refractivity contribution in [2.24, 2.45) is 0 Å². The second-order valence-electron chi connectivity index (χ2n) is 5.66. The van der Waals surface area contributed by atoms with Crippen LogP contribution in [0.15, 0.2) is 0 Å². The molecule has 1 aliphatic rings. The minimum absolute atomic E-state index is 0.0238. The smallest absolute Gasteiger partial charge is 0.306 e. The van der Waals surface area contributed by atoms with Gasteiger partial charge in [-0.2, -0.15) is 30.0 Å². The topological polar surface area (TPSA) is 29.9 Å². The number of hydrogen-bond acceptors (Lipinski definition) is 3. The van der Waals surface area contributed by atoms with E-state index in [0.717, 1.165) is 22.4 Å². The second kappa shape index (κ2) is 6.60. The minimum atomic E-state index is -4.24. The van der Waals surface area contributed by atoms with Crippen LogP contribution >= 0.6 is 11.8 Å². The first-order valence-corrected chi connectivity index (χ1v) is 8.38. The Morgan fingerprint density at radius 2 is 2.14 bits per heavy atom. The molecular formula is C14H22F3N3S. The summed E-state index contributed by atoms with van der Waals surface area (Å²) in [6.07, 6.45) is -1.91. The van der Waals surface area contributed by atoms with Gasteiger partial charge in [-0.1, -0.05) is 0 Å². The van der Waals surface area contributed by atoms with Gasteiger partial charge >= 0.3 is 6.18 Å². The van der Waals surface area contributed by atoms with Crippen LogP contribution in [0, 0.1) is 13.8 Å². The molecule has 1 aromatic rings. The number of nitrogens with zero attached hydrogens (tertiary/aromatic N) is 2. The lowest BCUT2D eigenvalue weighted by atomic mass is 10.0. The van der Waals surface area contributed by atoms with Crippen molar-refractivity contribution >= 4 is 11.8 Å². The summed E-state index contributed by atoms with van der Waals surface area (Å²) in [5, 5.41) is 7.60. The van der Waals surface area contributed by atoms with Gasteiger partial charge < -0.3 is 5.32 Å². The Morgan fingerprint density at radius 3 is 2.71 bits per heavy atom. The van der Waals surface area contributed by atoms with E-state index in [0.29, 0.717) is 17.4 Å². The molecule has 1 fully saturated rings. The zero-order valence-corrected chi connectivity index (χ0v) is 13.4. The molecule has 1 aliphatic heterocycles. The Bertz CT molecular complexity index is 479. The highest BCUT2D eigenvalue weighted by Gasteiger charge is 2.31. The quantitative estimate of drug-likeness (QED) is 0.919. The van der Waals surface area contributed by atoms with Crippen molar-refractivity contribution in [3.05, 3.63) is 17.0 Å². The standard InChI is InChI=1S/C14H22F3N3S/c1-9(18-12-5-4-6-21-7-12)13-10(2)19-20(11(13)3)8-14(15,16)17/h9,12,18H,4-8H2,1-3H3/t9-,12+/m0/s1. The first-order chi connectivity index (χ1) is 9.78. The van der Waals surface area contributed by atoms with Gasteiger partial charge in [-0.15, -0.1) is 0 Å². The second-order valence-corrected chi connectivity index (χ2v) is 6.81. The zero-order chi connectivity index (χ0) is 15.6. The Kier molecular flexibility index (Phi) is 5.24. The SMILES string of the molecule is Cc1nn(CC(F)(F)F)c(C)c1[C@H](C)N[C@@H]1CCCSC1. The summed E-state index contributed by atoms with van der Waals surface area (Å²) in [5.74, 6) is 2.27. The fourth-order valence-electron chi connectivity index (χ4n) is 2.97. The average Bonchev–Trinajstić information content (AvgIpc) is 2.63. The fraction of sp³-hybridized carbons (Fsp3) is 0.786. The van der Waals surface area contributed by atoms with Crippen LogP contribution in [0.5, 0.6) is 0 Å². The maximum atomic E-state index is 12.6. The summed E-state index contributed by atoms with van der Waals surface area (Å²) < 4.78 is 38.7. The van der Waals surface area contributed by atoms with Crippen LogP contribution in [-0.2, 0) is 6.54 Å². The highest BCUT2D eigenvalue weighted by Crippen LogP contribution is 2.26. The van der Waals surface area contributed by atoms with Gasteiger partial charge in [0, 0.05) is 29.1 Å². The Balaban J connectivity index is 2.11. The summed E-state index contributed by atoms with van der Waals surface area (Å²) in [6, 6.07) is 0.458. The van der Waals surface area contributed by atoms with Crippen molar-refractivity contribution in [3.63, 3.8) is 0 Å². The van der Waals surface area contributed by atoms with Gasteiger partial charge in [-0.3, -0.25) is 4.68 Å². The molecule has 2 rings (SSSR count). The van der Waals surface area contributed by atoms with Crippen LogP contribution < -0.4 is 5.32 Å². The molecule has 2 heterocycles. The number of thioether (sulfide) groups is 1. The van der Waals surface area contributed by atoms with E-state index in [1.165, 1.54) is 12.2 Å².